The van der Waals surface area contributed by atoms with Gasteiger partial charge in [0.25, 0.3) is 0 Å². The van der Waals surface area contributed by atoms with Gasteiger partial charge in [0.2, 0.25) is 15.9 Å². The molecule has 2 saturated heterocycles. The highest BCUT2D eigenvalue weighted by Crippen LogP contribution is 2.31. The zero-order valence-electron chi connectivity index (χ0n) is 13.8. The summed E-state index contributed by atoms with van der Waals surface area (Å²) in [4.78, 5) is 14.2. The quantitative estimate of drug-likeness (QED) is 0.786. The molecule has 1 amide bonds. The lowest BCUT2D eigenvalue weighted by Gasteiger charge is -2.32. The van der Waals surface area contributed by atoms with Crippen LogP contribution < -0.4 is 0 Å². The van der Waals surface area contributed by atoms with E-state index in [-0.39, 0.29) is 23.8 Å². The number of hydrogen-bond donors (Lipinski definition) is 0. The Bertz CT molecular complexity index is 767. The van der Waals surface area contributed by atoms with Crippen LogP contribution in [-0.2, 0) is 19.6 Å². The maximum Gasteiger partial charge on any atom is 0.243 e. The van der Waals surface area contributed by atoms with Crippen molar-refractivity contribution in [3.63, 3.8) is 0 Å². The SMILES string of the molecule is Cc1ccc(S(=O)(=O)N2CC(F)CC2C(=O)N2CCOCC2)cc1Cl. The highest BCUT2D eigenvalue weighted by Gasteiger charge is 2.45. The van der Waals surface area contributed by atoms with Gasteiger partial charge in [-0.3, -0.25) is 4.79 Å². The van der Waals surface area contributed by atoms with Gasteiger partial charge in [0.05, 0.1) is 18.1 Å². The van der Waals surface area contributed by atoms with Crippen LogP contribution in [0.5, 0.6) is 0 Å². The minimum absolute atomic E-state index is 0.0306. The summed E-state index contributed by atoms with van der Waals surface area (Å²) in [7, 11) is -4.01. The lowest BCUT2D eigenvalue weighted by atomic mass is 10.2. The molecule has 0 aliphatic carbocycles. The maximum absolute atomic E-state index is 14.0. The van der Waals surface area contributed by atoms with Crippen molar-refractivity contribution in [1.82, 2.24) is 9.21 Å². The third kappa shape index (κ3) is 3.67. The van der Waals surface area contributed by atoms with Crippen molar-refractivity contribution in [2.75, 3.05) is 32.8 Å². The largest absolute Gasteiger partial charge is 0.378 e. The number of aryl methyl sites for hydroxylation is 1. The third-order valence-corrected chi connectivity index (χ3v) is 6.84. The number of amides is 1. The first-order valence-corrected chi connectivity index (χ1v) is 9.91. The number of alkyl halides is 1. The molecule has 0 bridgehead atoms. The summed E-state index contributed by atoms with van der Waals surface area (Å²) >= 11 is 6.03. The Morgan fingerprint density at radius 2 is 2.00 bits per heavy atom. The molecule has 2 fully saturated rings. The fourth-order valence-corrected chi connectivity index (χ4v) is 5.00. The molecule has 2 aliphatic rings. The van der Waals surface area contributed by atoms with Gasteiger partial charge in [-0.05, 0) is 24.6 Å². The molecule has 0 spiro atoms. The lowest BCUT2D eigenvalue weighted by Crippen LogP contribution is -2.50. The average Bonchev–Trinajstić information content (AvgIpc) is 3.00. The molecular formula is C16H20ClFN2O4S. The lowest BCUT2D eigenvalue weighted by molar-refractivity contribution is -0.138. The van der Waals surface area contributed by atoms with E-state index in [0.29, 0.717) is 31.3 Å². The molecule has 3 rings (SSSR count). The van der Waals surface area contributed by atoms with Gasteiger partial charge in [0.15, 0.2) is 0 Å². The zero-order chi connectivity index (χ0) is 18.2. The Morgan fingerprint density at radius 1 is 1.32 bits per heavy atom. The van der Waals surface area contributed by atoms with Gasteiger partial charge >= 0.3 is 0 Å². The first-order chi connectivity index (χ1) is 11.8. The van der Waals surface area contributed by atoms with Gasteiger partial charge < -0.3 is 9.64 Å². The first-order valence-electron chi connectivity index (χ1n) is 8.09. The van der Waals surface area contributed by atoms with E-state index in [1.807, 2.05) is 0 Å². The summed E-state index contributed by atoms with van der Waals surface area (Å²) in [5.74, 6) is -0.370. The van der Waals surface area contributed by atoms with E-state index in [2.05, 4.69) is 0 Å². The molecule has 0 aromatic heterocycles. The van der Waals surface area contributed by atoms with Crippen LogP contribution in [0.25, 0.3) is 0 Å². The van der Waals surface area contributed by atoms with Crippen LogP contribution in [-0.4, -0.2) is 68.6 Å². The Morgan fingerprint density at radius 3 is 2.64 bits per heavy atom. The third-order valence-electron chi connectivity index (χ3n) is 4.56. The van der Waals surface area contributed by atoms with Gasteiger partial charge in [-0.2, -0.15) is 4.31 Å². The van der Waals surface area contributed by atoms with E-state index < -0.39 is 22.2 Å². The topological polar surface area (TPSA) is 66.9 Å². The number of halogens is 2. The van der Waals surface area contributed by atoms with E-state index in [4.69, 9.17) is 16.3 Å². The van der Waals surface area contributed by atoms with Crippen molar-refractivity contribution >= 4 is 27.5 Å². The van der Waals surface area contributed by atoms with Gasteiger partial charge in [0.1, 0.15) is 12.2 Å². The number of rotatable bonds is 3. The average molecular weight is 391 g/mol. The van der Waals surface area contributed by atoms with Crippen LogP contribution in [0, 0.1) is 6.92 Å². The molecule has 9 heteroatoms. The number of morpholine rings is 1. The monoisotopic (exact) mass is 390 g/mol. The van der Waals surface area contributed by atoms with Gasteiger partial charge in [-0.1, -0.05) is 17.7 Å². The highest BCUT2D eigenvalue weighted by atomic mass is 35.5. The fourth-order valence-electron chi connectivity index (χ4n) is 3.11. The molecule has 0 radical (unpaired) electrons. The number of benzene rings is 1. The molecule has 2 heterocycles. The van der Waals surface area contributed by atoms with Gasteiger partial charge in [0, 0.05) is 31.1 Å². The number of ether oxygens (including phenoxy) is 1. The summed E-state index contributed by atoms with van der Waals surface area (Å²) < 4.78 is 46.1. The minimum Gasteiger partial charge on any atom is -0.378 e. The fraction of sp³-hybridized carbons (Fsp3) is 0.562. The van der Waals surface area contributed by atoms with Crippen molar-refractivity contribution < 1.29 is 22.3 Å². The summed E-state index contributed by atoms with van der Waals surface area (Å²) in [5, 5.41) is 0.313. The number of hydrogen-bond acceptors (Lipinski definition) is 4. The van der Waals surface area contributed by atoms with Crippen LogP contribution in [0.1, 0.15) is 12.0 Å². The number of sulfonamides is 1. The normalized spacial score (nSPS) is 25.3. The molecule has 2 unspecified atom stereocenters. The highest BCUT2D eigenvalue weighted by molar-refractivity contribution is 7.89. The summed E-state index contributed by atoms with van der Waals surface area (Å²) in [6, 6.07) is 3.34. The predicted molar refractivity (Wildman–Crippen MR) is 90.8 cm³/mol. The molecule has 0 N–H and O–H groups in total. The van der Waals surface area contributed by atoms with Gasteiger partial charge in [-0.25, -0.2) is 12.8 Å². The molecule has 25 heavy (non-hydrogen) atoms. The van der Waals surface area contributed by atoms with Gasteiger partial charge in [-0.15, -0.1) is 0 Å². The molecule has 2 aliphatic heterocycles. The van der Waals surface area contributed by atoms with Crippen molar-refractivity contribution in [1.29, 1.82) is 0 Å². The van der Waals surface area contributed by atoms with Crippen LogP contribution in [0.4, 0.5) is 4.39 Å². The van der Waals surface area contributed by atoms with E-state index in [9.17, 15) is 17.6 Å². The van der Waals surface area contributed by atoms with Crippen LogP contribution in [0.15, 0.2) is 23.1 Å². The Kier molecular flexibility index (Phi) is 5.34. The Labute approximate surface area is 151 Å². The number of nitrogens with zero attached hydrogens (tertiary/aromatic N) is 2. The second-order valence-corrected chi connectivity index (χ2v) is 8.57. The summed E-state index contributed by atoms with van der Waals surface area (Å²) in [6.45, 7) is 3.01. The number of carbonyl (C=O) groups excluding carboxylic acids is 1. The second-order valence-electron chi connectivity index (χ2n) is 6.27. The Balaban J connectivity index is 1.89. The van der Waals surface area contributed by atoms with E-state index in [0.717, 1.165) is 9.87 Å². The molecular weight excluding hydrogens is 371 g/mol. The van der Waals surface area contributed by atoms with Crippen molar-refractivity contribution in [2.45, 2.75) is 30.5 Å². The van der Waals surface area contributed by atoms with Crippen molar-refractivity contribution in [3.8, 4) is 0 Å². The zero-order valence-corrected chi connectivity index (χ0v) is 15.4. The maximum atomic E-state index is 14.0. The molecule has 1 aromatic carbocycles. The van der Waals surface area contributed by atoms with E-state index in [1.165, 1.54) is 17.0 Å². The van der Waals surface area contributed by atoms with Crippen molar-refractivity contribution in [3.05, 3.63) is 28.8 Å². The summed E-state index contributed by atoms with van der Waals surface area (Å²) in [6.07, 6.45) is -1.50. The molecule has 2 atom stereocenters. The molecule has 0 saturated carbocycles. The van der Waals surface area contributed by atoms with E-state index >= 15 is 0 Å². The molecule has 1 aromatic rings. The van der Waals surface area contributed by atoms with E-state index in [1.54, 1.807) is 13.0 Å². The van der Waals surface area contributed by atoms with Crippen LogP contribution >= 0.6 is 11.6 Å². The summed E-state index contributed by atoms with van der Waals surface area (Å²) in [5.41, 5.74) is 0.742. The molecule has 138 valence electrons. The molecule has 6 nitrogen and oxygen atoms in total. The second kappa shape index (κ2) is 7.19. The predicted octanol–water partition coefficient (Wildman–Crippen LogP) is 1.61. The smallest absolute Gasteiger partial charge is 0.243 e. The first kappa shape index (κ1) is 18.6. The van der Waals surface area contributed by atoms with Crippen LogP contribution in [0.3, 0.4) is 0 Å². The number of carbonyl (C=O) groups is 1. The van der Waals surface area contributed by atoms with Crippen molar-refractivity contribution in [2.24, 2.45) is 0 Å². The minimum atomic E-state index is -4.01. The Hall–Kier alpha value is -1.22. The standard InChI is InChI=1S/C16H20ClFN2O4S/c1-11-2-3-13(9-14(11)17)25(22,23)20-10-12(18)8-15(20)16(21)19-4-6-24-7-5-19/h2-3,9,12,15H,4-8,10H2,1H3. The van der Waals surface area contributed by atoms with Crippen LogP contribution in [0.2, 0.25) is 5.02 Å².